The van der Waals surface area contributed by atoms with Crippen LogP contribution in [0.1, 0.15) is 59.5 Å². The number of carbonyl (C=O) groups is 3. The average Bonchev–Trinajstić information content (AvgIpc) is 3.27. The van der Waals surface area contributed by atoms with E-state index in [1.165, 1.54) is 13.2 Å². The van der Waals surface area contributed by atoms with E-state index in [0.717, 1.165) is 11.3 Å². The van der Waals surface area contributed by atoms with Gasteiger partial charge in [0, 0.05) is 5.69 Å². The van der Waals surface area contributed by atoms with Crippen LogP contribution in [-0.2, 0) is 16.1 Å². The summed E-state index contributed by atoms with van der Waals surface area (Å²) in [4.78, 5) is 39.7. The number of aromatic amines is 1. The van der Waals surface area contributed by atoms with Crippen LogP contribution >= 0.6 is 0 Å². The molecule has 0 saturated heterocycles. The van der Waals surface area contributed by atoms with Crippen molar-refractivity contribution in [1.29, 1.82) is 0 Å². The molecule has 2 heterocycles. The van der Waals surface area contributed by atoms with E-state index in [2.05, 4.69) is 10.1 Å². The minimum absolute atomic E-state index is 0.201. The number of nitrogens with zero attached hydrogens (tertiary/aromatic N) is 1. The van der Waals surface area contributed by atoms with Crippen molar-refractivity contribution in [2.45, 2.75) is 34.3 Å². The molecule has 0 radical (unpaired) electrons. The van der Waals surface area contributed by atoms with Crippen LogP contribution in [-0.4, -0.2) is 41.6 Å². The lowest BCUT2D eigenvalue weighted by molar-refractivity contribution is 0.0472. The van der Waals surface area contributed by atoms with Gasteiger partial charge >= 0.3 is 11.9 Å². The Labute approximate surface area is 184 Å². The van der Waals surface area contributed by atoms with E-state index in [4.69, 9.17) is 18.7 Å². The number of hydrogen-bond acceptors (Lipinski definition) is 8. The third kappa shape index (κ3) is 4.72. The Morgan fingerprint density at radius 2 is 1.84 bits per heavy atom. The third-order valence-corrected chi connectivity index (χ3v) is 5.07. The smallest absolute Gasteiger partial charge is 0.339 e. The molecule has 9 heteroatoms. The first kappa shape index (κ1) is 22.8. The molecular formula is C23H24N2O7. The van der Waals surface area contributed by atoms with Crippen LogP contribution in [0.2, 0.25) is 0 Å². The van der Waals surface area contributed by atoms with E-state index in [-0.39, 0.29) is 17.9 Å². The predicted octanol–water partition coefficient (Wildman–Crippen LogP) is 3.64. The number of hydrogen-bond donors (Lipinski definition) is 1. The van der Waals surface area contributed by atoms with Crippen LogP contribution < -0.4 is 4.74 Å². The van der Waals surface area contributed by atoms with Gasteiger partial charge in [-0.05, 0) is 51.5 Å². The fraction of sp³-hybridized carbons (Fsp3) is 0.304. The molecule has 0 unspecified atom stereocenters. The van der Waals surface area contributed by atoms with Gasteiger partial charge in [-0.25, -0.2) is 9.59 Å². The number of ether oxygens (including phenoxy) is 3. The average molecular weight is 440 g/mol. The van der Waals surface area contributed by atoms with Gasteiger partial charge in [-0.1, -0.05) is 11.2 Å². The zero-order chi connectivity index (χ0) is 23.4. The molecule has 0 amide bonds. The minimum Gasteiger partial charge on any atom is -0.489 e. The summed E-state index contributed by atoms with van der Waals surface area (Å²) in [7, 11) is 1.27. The molecule has 32 heavy (non-hydrogen) atoms. The van der Waals surface area contributed by atoms with Crippen LogP contribution in [0.4, 0.5) is 0 Å². The van der Waals surface area contributed by atoms with Crippen molar-refractivity contribution in [3.63, 3.8) is 0 Å². The maximum Gasteiger partial charge on any atom is 0.339 e. The number of carbonyl (C=O) groups excluding carboxylic acids is 3. The number of esters is 2. The van der Waals surface area contributed by atoms with Crippen LogP contribution in [0.15, 0.2) is 28.8 Å². The van der Waals surface area contributed by atoms with Crippen molar-refractivity contribution in [1.82, 2.24) is 10.1 Å². The van der Waals surface area contributed by atoms with Crippen molar-refractivity contribution in [2.24, 2.45) is 0 Å². The number of benzene rings is 1. The van der Waals surface area contributed by atoms with E-state index < -0.39 is 24.3 Å². The number of nitrogens with one attached hydrogen (secondary N) is 1. The van der Waals surface area contributed by atoms with E-state index >= 15 is 0 Å². The normalized spacial score (nSPS) is 10.7. The topological polar surface area (TPSA) is 121 Å². The maximum atomic E-state index is 12.5. The van der Waals surface area contributed by atoms with Gasteiger partial charge < -0.3 is 23.7 Å². The minimum atomic E-state index is -0.671. The Morgan fingerprint density at radius 1 is 1.09 bits per heavy atom. The summed E-state index contributed by atoms with van der Waals surface area (Å²) in [6.07, 6.45) is 0. The van der Waals surface area contributed by atoms with Crippen LogP contribution in [0.3, 0.4) is 0 Å². The van der Waals surface area contributed by atoms with Crippen molar-refractivity contribution in [2.75, 3.05) is 13.7 Å². The third-order valence-electron chi connectivity index (χ3n) is 5.07. The number of methoxy groups -OCH3 is 1. The summed E-state index contributed by atoms with van der Waals surface area (Å²) in [5, 5.41) is 3.88. The second-order valence-corrected chi connectivity index (χ2v) is 7.24. The van der Waals surface area contributed by atoms with E-state index in [9.17, 15) is 14.4 Å². The van der Waals surface area contributed by atoms with Gasteiger partial charge in [0.15, 0.2) is 6.61 Å². The molecule has 2 aromatic heterocycles. The summed E-state index contributed by atoms with van der Waals surface area (Å²) in [6.45, 7) is 6.67. The Morgan fingerprint density at radius 3 is 2.50 bits per heavy atom. The second-order valence-electron chi connectivity index (χ2n) is 7.24. The Kier molecular flexibility index (Phi) is 6.77. The maximum absolute atomic E-state index is 12.5. The van der Waals surface area contributed by atoms with Gasteiger partial charge in [0.1, 0.15) is 18.1 Å². The molecule has 9 nitrogen and oxygen atoms in total. The molecule has 0 spiro atoms. The molecule has 0 aliphatic carbocycles. The standard InChI is InChI=1S/C23H24N2O7/c1-12-20(23(28)29-5)14(3)24-21(12)19(26)11-31-22(27)16-7-6-8-17(9-16)30-10-18-13(2)25-32-15(18)4/h6-9,24H,10-11H2,1-5H3. The van der Waals surface area contributed by atoms with Crippen molar-refractivity contribution in [3.8, 4) is 5.75 Å². The Hall–Kier alpha value is -3.88. The van der Waals surface area contributed by atoms with Crippen molar-refractivity contribution < 1.29 is 33.1 Å². The Bertz CT molecular complexity index is 1150. The summed E-state index contributed by atoms with van der Waals surface area (Å²) in [5.74, 6) is -0.540. The molecule has 3 aromatic rings. The highest BCUT2D eigenvalue weighted by atomic mass is 16.5. The Balaban J connectivity index is 1.63. The number of aryl methyl sites for hydroxylation is 3. The fourth-order valence-electron chi connectivity index (χ4n) is 3.30. The van der Waals surface area contributed by atoms with Gasteiger partial charge in [0.05, 0.1) is 35.2 Å². The first-order valence-electron chi connectivity index (χ1n) is 9.85. The molecule has 0 saturated carbocycles. The molecule has 0 fully saturated rings. The summed E-state index contributed by atoms with van der Waals surface area (Å²) >= 11 is 0. The zero-order valence-electron chi connectivity index (χ0n) is 18.5. The fourth-order valence-corrected chi connectivity index (χ4v) is 3.30. The summed E-state index contributed by atoms with van der Waals surface area (Å²) in [5.41, 5.74) is 3.27. The summed E-state index contributed by atoms with van der Waals surface area (Å²) in [6, 6.07) is 6.46. The van der Waals surface area contributed by atoms with Gasteiger partial charge in [0.2, 0.25) is 5.78 Å². The number of aromatic nitrogens is 2. The highest BCUT2D eigenvalue weighted by Gasteiger charge is 2.23. The molecule has 3 rings (SSSR count). The van der Waals surface area contributed by atoms with E-state index in [1.54, 1.807) is 39.0 Å². The van der Waals surface area contributed by atoms with Crippen molar-refractivity contribution in [3.05, 3.63) is 69.4 Å². The zero-order valence-corrected chi connectivity index (χ0v) is 18.5. The van der Waals surface area contributed by atoms with Gasteiger partial charge in [-0.3, -0.25) is 4.79 Å². The lowest BCUT2D eigenvalue weighted by Gasteiger charge is -2.08. The molecular weight excluding hydrogens is 416 g/mol. The SMILES string of the molecule is COC(=O)c1c(C)[nH]c(C(=O)COC(=O)c2cccc(OCc3c(C)noc3C)c2)c1C. The van der Waals surface area contributed by atoms with E-state index in [0.29, 0.717) is 28.3 Å². The highest BCUT2D eigenvalue weighted by Crippen LogP contribution is 2.21. The lowest BCUT2D eigenvalue weighted by atomic mass is 10.1. The van der Waals surface area contributed by atoms with E-state index in [1.807, 2.05) is 6.92 Å². The molecule has 1 N–H and O–H groups in total. The molecule has 0 bridgehead atoms. The van der Waals surface area contributed by atoms with Gasteiger partial charge in [-0.15, -0.1) is 0 Å². The van der Waals surface area contributed by atoms with Crippen molar-refractivity contribution >= 4 is 17.7 Å². The molecule has 0 aliphatic rings. The predicted molar refractivity (Wildman–Crippen MR) is 113 cm³/mol. The number of Topliss-reactive ketones (excluding diaryl/α,β-unsaturated/α-hetero) is 1. The molecule has 0 aliphatic heterocycles. The molecule has 0 atom stereocenters. The first-order valence-corrected chi connectivity index (χ1v) is 9.85. The molecule has 1 aromatic carbocycles. The second kappa shape index (κ2) is 9.51. The monoisotopic (exact) mass is 440 g/mol. The number of rotatable bonds is 8. The van der Waals surface area contributed by atoms with Crippen LogP contribution in [0.5, 0.6) is 5.75 Å². The summed E-state index contributed by atoms with van der Waals surface area (Å²) < 4.78 is 20.8. The molecule has 168 valence electrons. The quantitative estimate of drug-likeness (QED) is 0.416. The van der Waals surface area contributed by atoms with Crippen LogP contribution in [0, 0.1) is 27.7 Å². The highest BCUT2D eigenvalue weighted by molar-refractivity contribution is 6.03. The van der Waals surface area contributed by atoms with Gasteiger partial charge in [-0.2, -0.15) is 0 Å². The first-order chi connectivity index (χ1) is 15.2. The van der Waals surface area contributed by atoms with Gasteiger partial charge in [0.25, 0.3) is 0 Å². The number of H-pyrrole nitrogens is 1. The van der Waals surface area contributed by atoms with Crippen LogP contribution in [0.25, 0.3) is 0 Å². The lowest BCUT2D eigenvalue weighted by Crippen LogP contribution is -2.15. The number of ketones is 1. The largest absolute Gasteiger partial charge is 0.489 e.